The third kappa shape index (κ3) is 4.37. The Hall–Kier alpha value is -2.76. The number of rotatable bonds is 7. The number of methoxy groups -OCH3 is 3. The van der Waals surface area contributed by atoms with E-state index in [0.717, 1.165) is 20.8 Å². The molecule has 0 aliphatic rings. The van der Waals surface area contributed by atoms with Crippen LogP contribution >= 0.6 is 27.3 Å². The summed E-state index contributed by atoms with van der Waals surface area (Å²) >= 11 is 4.74. The van der Waals surface area contributed by atoms with Crippen LogP contribution in [0.4, 0.5) is 5.69 Å². The molecule has 0 saturated heterocycles. The van der Waals surface area contributed by atoms with Crippen molar-refractivity contribution in [3.63, 3.8) is 0 Å². The van der Waals surface area contributed by atoms with E-state index in [1.807, 2.05) is 22.8 Å². The van der Waals surface area contributed by atoms with Crippen molar-refractivity contribution in [2.45, 2.75) is 6.54 Å². The van der Waals surface area contributed by atoms with Crippen LogP contribution in [0.3, 0.4) is 0 Å². The van der Waals surface area contributed by atoms with Gasteiger partial charge in [-0.05, 0) is 18.2 Å². The number of carbonyl (C=O) groups is 1. The van der Waals surface area contributed by atoms with E-state index >= 15 is 0 Å². The standard InChI is InChI=1S/C19H18BrN3O6S/c1-27-7-6-22-13-5-4-11(20)8-17(13)30-19(22)21-18(24)12-9-15(28-2)16(29-3)10-14(12)23(25)26/h4-5,8-10H,6-7H2,1-3H3. The number of hydrogen-bond donors (Lipinski definition) is 0. The number of fused-ring (bicyclic) bond motifs is 1. The van der Waals surface area contributed by atoms with Crippen LogP contribution in [0.15, 0.2) is 39.8 Å². The highest BCUT2D eigenvalue weighted by atomic mass is 79.9. The molecular weight excluding hydrogens is 478 g/mol. The summed E-state index contributed by atoms with van der Waals surface area (Å²) in [5.41, 5.74) is 0.289. The maximum Gasteiger partial charge on any atom is 0.286 e. The number of nitrogens with zero attached hydrogens (tertiary/aromatic N) is 3. The number of aromatic nitrogens is 1. The van der Waals surface area contributed by atoms with E-state index in [0.29, 0.717) is 18.0 Å². The SMILES string of the molecule is COCCn1c(=NC(=O)c2cc(OC)c(OC)cc2[N+](=O)[O-])sc2cc(Br)ccc21. The molecule has 1 amide bonds. The Balaban J connectivity index is 2.19. The first-order valence-electron chi connectivity index (χ1n) is 8.67. The Bertz CT molecular complexity index is 1190. The fourth-order valence-corrected chi connectivity index (χ4v) is 4.48. The maximum absolute atomic E-state index is 13.0. The van der Waals surface area contributed by atoms with Crippen molar-refractivity contribution >= 4 is 49.1 Å². The quantitative estimate of drug-likeness (QED) is 0.364. The van der Waals surface area contributed by atoms with Crippen LogP contribution in [0.5, 0.6) is 11.5 Å². The third-order valence-corrected chi connectivity index (χ3v) is 5.82. The zero-order valence-corrected chi connectivity index (χ0v) is 18.8. The van der Waals surface area contributed by atoms with Crippen LogP contribution in [0.25, 0.3) is 10.2 Å². The Kier molecular flexibility index (Phi) is 6.85. The summed E-state index contributed by atoms with van der Waals surface area (Å²) in [6.07, 6.45) is 0. The lowest BCUT2D eigenvalue weighted by Crippen LogP contribution is -2.19. The lowest BCUT2D eigenvalue weighted by Gasteiger charge is -2.09. The summed E-state index contributed by atoms with van der Waals surface area (Å²) in [7, 11) is 4.33. The number of halogens is 1. The molecule has 9 nitrogen and oxygen atoms in total. The van der Waals surface area contributed by atoms with Crippen molar-refractivity contribution in [3.8, 4) is 11.5 Å². The molecule has 0 aliphatic carbocycles. The average Bonchev–Trinajstić information content (AvgIpc) is 3.06. The summed E-state index contributed by atoms with van der Waals surface area (Å²) in [6, 6.07) is 8.15. The van der Waals surface area contributed by atoms with Gasteiger partial charge >= 0.3 is 0 Å². The highest BCUT2D eigenvalue weighted by molar-refractivity contribution is 9.10. The molecular formula is C19H18BrN3O6S. The molecule has 30 heavy (non-hydrogen) atoms. The molecule has 158 valence electrons. The molecule has 0 fully saturated rings. The molecule has 11 heteroatoms. The van der Waals surface area contributed by atoms with E-state index in [2.05, 4.69) is 20.9 Å². The molecule has 0 bridgehead atoms. The van der Waals surface area contributed by atoms with Crippen molar-refractivity contribution < 1.29 is 23.9 Å². The number of benzene rings is 2. The summed E-state index contributed by atoms with van der Waals surface area (Å²) in [5.74, 6) is -0.392. The number of ether oxygens (including phenoxy) is 3. The van der Waals surface area contributed by atoms with Gasteiger partial charge in [0.1, 0.15) is 5.56 Å². The summed E-state index contributed by atoms with van der Waals surface area (Å²) in [5, 5.41) is 11.5. The van der Waals surface area contributed by atoms with Gasteiger partial charge in [0.05, 0.1) is 42.0 Å². The van der Waals surface area contributed by atoms with Crippen molar-refractivity contribution in [3.05, 3.63) is 55.3 Å². The average molecular weight is 496 g/mol. The molecule has 0 spiro atoms. The van der Waals surface area contributed by atoms with Crippen LogP contribution in [0.1, 0.15) is 10.4 Å². The van der Waals surface area contributed by atoms with E-state index in [1.165, 1.54) is 31.6 Å². The lowest BCUT2D eigenvalue weighted by molar-refractivity contribution is -0.385. The molecule has 0 N–H and O–H groups in total. The number of amides is 1. The number of hydrogen-bond acceptors (Lipinski definition) is 7. The van der Waals surface area contributed by atoms with Gasteiger partial charge < -0.3 is 18.8 Å². The van der Waals surface area contributed by atoms with Gasteiger partial charge in [-0.3, -0.25) is 14.9 Å². The van der Waals surface area contributed by atoms with Crippen LogP contribution in [0, 0.1) is 10.1 Å². The van der Waals surface area contributed by atoms with Crippen molar-refractivity contribution in [2.75, 3.05) is 27.9 Å². The fourth-order valence-electron chi connectivity index (χ4n) is 2.87. The van der Waals surface area contributed by atoms with E-state index in [-0.39, 0.29) is 17.1 Å². The molecule has 1 heterocycles. The summed E-state index contributed by atoms with van der Waals surface area (Å²) < 4.78 is 19.1. The molecule has 3 aromatic rings. The lowest BCUT2D eigenvalue weighted by atomic mass is 10.1. The van der Waals surface area contributed by atoms with Crippen molar-refractivity contribution in [1.82, 2.24) is 4.57 Å². The van der Waals surface area contributed by atoms with E-state index in [9.17, 15) is 14.9 Å². The summed E-state index contributed by atoms with van der Waals surface area (Å²) in [6.45, 7) is 0.887. The minimum atomic E-state index is -0.751. The molecule has 0 unspecified atom stereocenters. The van der Waals surface area contributed by atoms with E-state index in [4.69, 9.17) is 14.2 Å². The molecule has 0 atom stereocenters. The minimum Gasteiger partial charge on any atom is -0.493 e. The Morgan fingerprint density at radius 3 is 2.53 bits per heavy atom. The first kappa shape index (κ1) is 21.9. The fraction of sp³-hybridized carbons (Fsp3) is 0.263. The maximum atomic E-state index is 13.0. The van der Waals surface area contributed by atoms with Gasteiger partial charge in [0, 0.05) is 24.2 Å². The normalized spacial score (nSPS) is 11.7. The molecule has 0 saturated carbocycles. The van der Waals surface area contributed by atoms with Crippen LogP contribution in [0.2, 0.25) is 0 Å². The first-order chi connectivity index (χ1) is 14.4. The van der Waals surface area contributed by atoms with Gasteiger partial charge in [0.25, 0.3) is 11.6 Å². The second kappa shape index (κ2) is 9.37. The van der Waals surface area contributed by atoms with Gasteiger partial charge in [-0.2, -0.15) is 4.99 Å². The number of carbonyl (C=O) groups excluding carboxylic acids is 1. The Morgan fingerprint density at radius 2 is 1.90 bits per heavy atom. The van der Waals surface area contributed by atoms with Gasteiger partial charge in [0.2, 0.25) is 0 Å². The zero-order valence-electron chi connectivity index (χ0n) is 16.4. The second-order valence-corrected chi connectivity index (χ2v) is 7.96. The minimum absolute atomic E-state index is 0.155. The zero-order chi connectivity index (χ0) is 21.8. The Labute approximate surface area is 183 Å². The number of nitro groups is 1. The highest BCUT2D eigenvalue weighted by Crippen LogP contribution is 2.34. The van der Waals surface area contributed by atoms with E-state index in [1.54, 1.807) is 7.11 Å². The first-order valence-corrected chi connectivity index (χ1v) is 10.3. The molecule has 0 aliphatic heterocycles. The second-order valence-electron chi connectivity index (χ2n) is 6.04. The monoisotopic (exact) mass is 495 g/mol. The Morgan fingerprint density at radius 1 is 1.20 bits per heavy atom. The highest BCUT2D eigenvalue weighted by Gasteiger charge is 2.24. The van der Waals surface area contributed by atoms with Gasteiger partial charge in [0.15, 0.2) is 16.3 Å². The van der Waals surface area contributed by atoms with E-state index < -0.39 is 16.5 Å². The van der Waals surface area contributed by atoms with Gasteiger partial charge in [-0.25, -0.2) is 0 Å². The van der Waals surface area contributed by atoms with Crippen LogP contribution in [-0.2, 0) is 11.3 Å². The summed E-state index contributed by atoms with van der Waals surface area (Å²) in [4.78, 5) is 28.4. The molecule has 2 aromatic carbocycles. The predicted molar refractivity (Wildman–Crippen MR) is 115 cm³/mol. The molecule has 0 radical (unpaired) electrons. The third-order valence-electron chi connectivity index (χ3n) is 4.29. The van der Waals surface area contributed by atoms with Crippen molar-refractivity contribution in [1.29, 1.82) is 0 Å². The smallest absolute Gasteiger partial charge is 0.286 e. The predicted octanol–water partition coefficient (Wildman–Crippen LogP) is 3.78. The van der Waals surface area contributed by atoms with Gasteiger partial charge in [-0.1, -0.05) is 27.3 Å². The van der Waals surface area contributed by atoms with Crippen LogP contribution < -0.4 is 14.3 Å². The number of nitro benzene ring substituents is 1. The largest absolute Gasteiger partial charge is 0.493 e. The topological polar surface area (TPSA) is 105 Å². The van der Waals surface area contributed by atoms with Gasteiger partial charge in [-0.15, -0.1) is 0 Å². The number of thiazole rings is 1. The molecule has 3 rings (SSSR count). The molecule has 1 aromatic heterocycles. The van der Waals surface area contributed by atoms with Crippen LogP contribution in [-0.4, -0.2) is 43.3 Å². The van der Waals surface area contributed by atoms with Crippen molar-refractivity contribution in [2.24, 2.45) is 4.99 Å².